The zero-order valence-electron chi connectivity index (χ0n) is 12.8. The number of aromatic amines is 1. The molecule has 0 amide bonds. The second kappa shape index (κ2) is 6.79. The van der Waals surface area contributed by atoms with Crippen LogP contribution in [-0.2, 0) is 6.42 Å². The Morgan fingerprint density at radius 1 is 1.27 bits per heavy atom. The number of nitrogens with zero attached hydrogens (tertiary/aromatic N) is 1. The summed E-state index contributed by atoms with van der Waals surface area (Å²) >= 11 is 1.61. The molecule has 0 saturated carbocycles. The second-order valence-electron chi connectivity index (χ2n) is 5.48. The molecule has 1 aromatic carbocycles. The number of nitrogens with two attached hydrogens (primary N) is 1. The molecule has 3 rings (SSSR count). The normalized spacial score (nSPS) is 12.1. The molecule has 3 nitrogen and oxygen atoms in total. The van der Waals surface area contributed by atoms with E-state index in [-0.39, 0.29) is 0 Å². The van der Waals surface area contributed by atoms with Gasteiger partial charge in [0.2, 0.25) is 0 Å². The number of H-pyrrole nitrogens is 1. The number of amidine groups is 1. The molecule has 3 N–H and O–H groups in total. The van der Waals surface area contributed by atoms with Crippen LogP contribution in [0.3, 0.4) is 0 Å². The lowest BCUT2D eigenvalue weighted by atomic mass is 10.1. The van der Waals surface area contributed by atoms with Crippen LogP contribution in [0.5, 0.6) is 0 Å². The molecule has 0 spiro atoms. The summed E-state index contributed by atoms with van der Waals surface area (Å²) in [6, 6.07) is 10.2. The first-order valence-corrected chi connectivity index (χ1v) is 8.64. The van der Waals surface area contributed by atoms with Crippen molar-refractivity contribution in [2.45, 2.75) is 32.6 Å². The maximum atomic E-state index is 6.08. The maximum Gasteiger partial charge on any atom is 0.141 e. The highest BCUT2D eigenvalue weighted by atomic mass is 32.1. The number of unbranched alkanes of at least 4 members (excludes halogenated alkanes) is 2. The highest BCUT2D eigenvalue weighted by Gasteiger charge is 2.05. The summed E-state index contributed by atoms with van der Waals surface area (Å²) in [6.45, 7) is 2.23. The molecule has 0 aliphatic heterocycles. The first-order chi connectivity index (χ1) is 10.8. The molecule has 0 saturated heterocycles. The zero-order valence-corrected chi connectivity index (χ0v) is 13.6. The van der Waals surface area contributed by atoms with E-state index in [1.54, 1.807) is 11.3 Å². The Morgan fingerprint density at radius 2 is 2.18 bits per heavy atom. The van der Waals surface area contributed by atoms with Gasteiger partial charge >= 0.3 is 0 Å². The van der Waals surface area contributed by atoms with Gasteiger partial charge in [-0.3, -0.25) is 0 Å². The van der Waals surface area contributed by atoms with Gasteiger partial charge in [-0.2, -0.15) is 0 Å². The predicted molar refractivity (Wildman–Crippen MR) is 96.2 cm³/mol. The summed E-state index contributed by atoms with van der Waals surface area (Å²) in [5.74, 6) is 0.581. The summed E-state index contributed by atoms with van der Waals surface area (Å²) in [7, 11) is 0. The Hall–Kier alpha value is -2.07. The predicted octanol–water partition coefficient (Wildman–Crippen LogP) is 5.00. The fourth-order valence-electron chi connectivity index (χ4n) is 2.63. The van der Waals surface area contributed by atoms with Crippen molar-refractivity contribution in [3.8, 4) is 0 Å². The molecule has 0 atom stereocenters. The number of aliphatic imine (C=N–C) groups is 1. The molecular weight excluding hydrogens is 290 g/mol. The molecule has 0 unspecified atom stereocenters. The number of fused-ring (bicyclic) bond motifs is 1. The van der Waals surface area contributed by atoms with Gasteiger partial charge in [-0.05, 0) is 48.1 Å². The average Bonchev–Trinajstić information content (AvgIpc) is 3.17. The highest BCUT2D eigenvalue weighted by molar-refractivity contribution is 7.12. The monoisotopic (exact) mass is 311 g/mol. The molecular formula is C18H21N3S. The van der Waals surface area contributed by atoms with Crippen molar-refractivity contribution in [3.05, 3.63) is 52.3 Å². The molecule has 22 heavy (non-hydrogen) atoms. The zero-order chi connectivity index (χ0) is 15.4. The Balaban J connectivity index is 1.88. The van der Waals surface area contributed by atoms with Gasteiger partial charge < -0.3 is 10.7 Å². The summed E-state index contributed by atoms with van der Waals surface area (Å²) in [5.41, 5.74) is 9.53. The van der Waals surface area contributed by atoms with Crippen molar-refractivity contribution >= 4 is 33.8 Å². The van der Waals surface area contributed by atoms with Crippen molar-refractivity contribution in [2.75, 3.05) is 0 Å². The number of aryl methyl sites for hydroxylation is 1. The van der Waals surface area contributed by atoms with Gasteiger partial charge in [-0.1, -0.05) is 25.8 Å². The number of hydrogen-bond donors (Lipinski definition) is 2. The van der Waals surface area contributed by atoms with Crippen LogP contribution in [0.1, 0.15) is 36.6 Å². The van der Waals surface area contributed by atoms with E-state index in [2.05, 4.69) is 35.2 Å². The van der Waals surface area contributed by atoms with Crippen LogP contribution in [0.25, 0.3) is 10.9 Å². The van der Waals surface area contributed by atoms with Gasteiger partial charge in [0.1, 0.15) is 5.84 Å². The van der Waals surface area contributed by atoms with Crippen LogP contribution in [0, 0.1) is 0 Å². The van der Waals surface area contributed by atoms with Crippen LogP contribution < -0.4 is 5.73 Å². The van der Waals surface area contributed by atoms with Gasteiger partial charge in [0.05, 0.1) is 10.6 Å². The molecule has 2 aromatic heterocycles. The number of thiophene rings is 1. The minimum Gasteiger partial charge on any atom is -0.383 e. The summed E-state index contributed by atoms with van der Waals surface area (Å²) < 4.78 is 0. The van der Waals surface area contributed by atoms with Crippen LogP contribution >= 0.6 is 11.3 Å². The number of aromatic nitrogens is 1. The topological polar surface area (TPSA) is 54.2 Å². The van der Waals surface area contributed by atoms with Crippen molar-refractivity contribution in [1.29, 1.82) is 0 Å². The van der Waals surface area contributed by atoms with E-state index >= 15 is 0 Å². The molecule has 0 aliphatic rings. The fraction of sp³-hybridized carbons (Fsp3) is 0.278. The molecule has 0 aliphatic carbocycles. The van der Waals surface area contributed by atoms with Gasteiger partial charge in [0.25, 0.3) is 0 Å². The molecule has 0 fully saturated rings. The van der Waals surface area contributed by atoms with Crippen LogP contribution in [0.15, 0.2) is 46.9 Å². The first-order valence-electron chi connectivity index (χ1n) is 7.76. The minimum atomic E-state index is 0.581. The third kappa shape index (κ3) is 3.22. The SMILES string of the molecule is CCCCCc1c[nH]c2ccc(N=C(N)c3cccs3)cc12. The van der Waals surface area contributed by atoms with E-state index in [1.165, 1.54) is 35.7 Å². The van der Waals surface area contributed by atoms with Crippen molar-refractivity contribution in [3.63, 3.8) is 0 Å². The molecule has 2 heterocycles. The van der Waals surface area contributed by atoms with E-state index in [9.17, 15) is 0 Å². The van der Waals surface area contributed by atoms with Crippen LogP contribution in [-0.4, -0.2) is 10.8 Å². The number of rotatable bonds is 6. The Kier molecular flexibility index (Phi) is 4.59. The summed E-state index contributed by atoms with van der Waals surface area (Å²) in [6.07, 6.45) is 6.98. The third-order valence-corrected chi connectivity index (χ3v) is 4.72. The standard InChI is InChI=1S/C18H21N3S/c1-2-3-4-6-13-12-20-16-9-8-14(11-15(13)16)21-18(19)17-7-5-10-22-17/h5,7-12,20H,2-4,6H2,1H3,(H2,19,21). The lowest BCUT2D eigenvalue weighted by Gasteiger charge is -2.01. The number of benzene rings is 1. The Labute approximate surface area is 134 Å². The van der Waals surface area contributed by atoms with Gasteiger partial charge in [-0.15, -0.1) is 11.3 Å². The maximum absolute atomic E-state index is 6.08. The quantitative estimate of drug-likeness (QED) is 0.376. The van der Waals surface area contributed by atoms with E-state index in [1.807, 2.05) is 23.6 Å². The van der Waals surface area contributed by atoms with Crippen molar-refractivity contribution in [2.24, 2.45) is 10.7 Å². The average molecular weight is 311 g/mol. The fourth-order valence-corrected chi connectivity index (χ4v) is 3.25. The summed E-state index contributed by atoms with van der Waals surface area (Å²) in [5, 5.41) is 3.27. The highest BCUT2D eigenvalue weighted by Crippen LogP contribution is 2.26. The third-order valence-electron chi connectivity index (χ3n) is 3.82. The second-order valence-corrected chi connectivity index (χ2v) is 6.42. The summed E-state index contributed by atoms with van der Waals surface area (Å²) in [4.78, 5) is 8.92. The van der Waals surface area contributed by atoms with Gasteiger partial charge in [0.15, 0.2) is 0 Å². The lowest BCUT2D eigenvalue weighted by Crippen LogP contribution is -2.10. The van der Waals surface area contributed by atoms with E-state index in [0.29, 0.717) is 5.84 Å². The Morgan fingerprint density at radius 3 is 2.95 bits per heavy atom. The molecule has 0 radical (unpaired) electrons. The van der Waals surface area contributed by atoms with E-state index in [0.717, 1.165) is 17.0 Å². The van der Waals surface area contributed by atoms with Crippen LogP contribution in [0.4, 0.5) is 5.69 Å². The first kappa shape index (κ1) is 14.9. The van der Waals surface area contributed by atoms with Gasteiger partial charge in [-0.25, -0.2) is 4.99 Å². The van der Waals surface area contributed by atoms with Gasteiger partial charge in [0, 0.05) is 17.1 Å². The smallest absolute Gasteiger partial charge is 0.141 e. The number of nitrogens with one attached hydrogen (secondary N) is 1. The minimum absolute atomic E-state index is 0.581. The Bertz CT molecular complexity index is 769. The van der Waals surface area contributed by atoms with E-state index in [4.69, 9.17) is 5.73 Å². The molecule has 114 valence electrons. The largest absolute Gasteiger partial charge is 0.383 e. The van der Waals surface area contributed by atoms with Crippen molar-refractivity contribution in [1.82, 2.24) is 4.98 Å². The van der Waals surface area contributed by atoms with Crippen LogP contribution in [0.2, 0.25) is 0 Å². The number of hydrogen-bond acceptors (Lipinski definition) is 2. The lowest BCUT2D eigenvalue weighted by molar-refractivity contribution is 0.719. The molecule has 4 heteroatoms. The molecule has 3 aromatic rings. The molecule has 0 bridgehead atoms. The van der Waals surface area contributed by atoms with Crippen molar-refractivity contribution < 1.29 is 0 Å². The van der Waals surface area contributed by atoms with E-state index < -0.39 is 0 Å².